The number of carbonyl (C=O) groups is 1. The molecule has 1 unspecified atom stereocenters. The van der Waals surface area contributed by atoms with Gasteiger partial charge in [0.25, 0.3) is 0 Å². The number of anilines is 1. The van der Waals surface area contributed by atoms with Crippen LogP contribution < -0.4 is 10.6 Å². The molecule has 0 saturated carbocycles. The Labute approximate surface area is 182 Å². The van der Waals surface area contributed by atoms with E-state index in [1.165, 1.54) is 0 Å². The van der Waals surface area contributed by atoms with Crippen molar-refractivity contribution in [3.8, 4) is 0 Å². The summed E-state index contributed by atoms with van der Waals surface area (Å²) in [4.78, 5) is 17.7. The average molecular weight is 426 g/mol. The average Bonchev–Trinajstić information content (AvgIpc) is 3.15. The van der Waals surface area contributed by atoms with E-state index in [9.17, 15) is 9.90 Å². The van der Waals surface area contributed by atoms with Crippen LogP contribution in [0.3, 0.4) is 0 Å². The summed E-state index contributed by atoms with van der Waals surface area (Å²) in [7, 11) is 0. The fourth-order valence-electron chi connectivity index (χ4n) is 4.54. The van der Waals surface area contributed by atoms with E-state index in [0.29, 0.717) is 18.8 Å². The molecule has 2 bridgehead atoms. The number of nitrogens with zero attached hydrogens (tertiary/aromatic N) is 3. The molecule has 0 saturated heterocycles. The number of carbonyl (C=O) groups excluding carboxylic acids is 1. The molecule has 2 aromatic heterocycles. The van der Waals surface area contributed by atoms with E-state index >= 15 is 0 Å². The third kappa shape index (κ3) is 4.36. The first kappa shape index (κ1) is 21.5. The van der Waals surface area contributed by atoms with E-state index < -0.39 is 18.2 Å². The molecule has 166 valence electrons. The number of allylic oxidation sites excluding steroid dienone is 3. The Hall–Kier alpha value is -2.71. The number of aromatic nitrogens is 3. The molecule has 3 N–H and O–H groups in total. The summed E-state index contributed by atoms with van der Waals surface area (Å²) < 4.78 is 8.10. The van der Waals surface area contributed by atoms with Crippen molar-refractivity contribution in [3.63, 3.8) is 0 Å². The van der Waals surface area contributed by atoms with Gasteiger partial charge in [0.1, 0.15) is 11.9 Å². The highest BCUT2D eigenvalue weighted by atomic mass is 16.5. The summed E-state index contributed by atoms with van der Waals surface area (Å²) in [6.07, 6.45) is 10.8. The molecular weight excluding hydrogens is 394 g/mol. The first-order valence-electron chi connectivity index (χ1n) is 11.0. The molecule has 1 aliphatic heterocycles. The molecule has 8 heteroatoms. The SMILES string of the molecule is CCn1ncc2cc3nc(c21)CCCO[C@H]([C@H](C)O)[C@H](C1(C)C=CC=CC1)NC(=O)N3. The van der Waals surface area contributed by atoms with E-state index in [0.717, 1.165) is 36.0 Å². The smallest absolute Gasteiger partial charge is 0.320 e. The number of hydrogen-bond acceptors (Lipinski definition) is 5. The topological polar surface area (TPSA) is 101 Å². The van der Waals surface area contributed by atoms with Crippen molar-refractivity contribution in [2.75, 3.05) is 11.9 Å². The van der Waals surface area contributed by atoms with Crippen LogP contribution in [0.1, 0.15) is 39.3 Å². The second-order valence-corrected chi connectivity index (χ2v) is 8.61. The number of pyridine rings is 1. The largest absolute Gasteiger partial charge is 0.391 e. The summed E-state index contributed by atoms with van der Waals surface area (Å²) in [6.45, 7) is 7.03. The second-order valence-electron chi connectivity index (χ2n) is 8.61. The van der Waals surface area contributed by atoms with Crippen LogP contribution in [0.4, 0.5) is 10.6 Å². The number of nitrogens with one attached hydrogen (secondary N) is 2. The number of amides is 2. The predicted molar refractivity (Wildman–Crippen MR) is 120 cm³/mol. The molecule has 8 nitrogen and oxygen atoms in total. The van der Waals surface area contributed by atoms with Crippen molar-refractivity contribution in [2.24, 2.45) is 5.41 Å². The molecule has 4 rings (SSSR count). The lowest BCUT2D eigenvalue weighted by Gasteiger charge is -2.42. The van der Waals surface area contributed by atoms with E-state index in [2.05, 4.69) is 34.8 Å². The molecule has 2 aliphatic rings. The van der Waals surface area contributed by atoms with Crippen LogP contribution in [0.25, 0.3) is 10.9 Å². The maximum absolute atomic E-state index is 13.0. The minimum Gasteiger partial charge on any atom is -0.391 e. The summed E-state index contributed by atoms with van der Waals surface area (Å²) in [5.74, 6) is 0.494. The van der Waals surface area contributed by atoms with E-state index in [4.69, 9.17) is 9.72 Å². The van der Waals surface area contributed by atoms with Gasteiger partial charge in [-0.15, -0.1) is 0 Å². The van der Waals surface area contributed by atoms with Crippen LogP contribution in [0.5, 0.6) is 0 Å². The Bertz CT molecular complexity index is 1010. The van der Waals surface area contributed by atoms with Gasteiger partial charge in [-0.3, -0.25) is 10.00 Å². The summed E-state index contributed by atoms with van der Waals surface area (Å²) in [6, 6.07) is 1.07. The molecule has 0 fully saturated rings. The fourth-order valence-corrected chi connectivity index (χ4v) is 4.54. The third-order valence-corrected chi connectivity index (χ3v) is 6.18. The van der Waals surface area contributed by atoms with Crippen molar-refractivity contribution in [2.45, 2.75) is 64.8 Å². The summed E-state index contributed by atoms with van der Waals surface area (Å²) >= 11 is 0. The van der Waals surface area contributed by atoms with Crippen molar-refractivity contribution in [3.05, 3.63) is 42.3 Å². The van der Waals surface area contributed by atoms with Gasteiger partial charge in [-0.2, -0.15) is 5.10 Å². The van der Waals surface area contributed by atoms with Gasteiger partial charge in [0.05, 0.1) is 29.6 Å². The molecule has 3 heterocycles. The number of fused-ring (bicyclic) bond motifs is 4. The number of aliphatic hydroxyl groups is 1. The third-order valence-electron chi connectivity index (χ3n) is 6.18. The summed E-state index contributed by atoms with van der Waals surface area (Å²) in [5.41, 5.74) is 1.48. The van der Waals surface area contributed by atoms with Gasteiger partial charge in [0, 0.05) is 24.0 Å². The van der Waals surface area contributed by atoms with E-state index in [1.54, 1.807) is 6.92 Å². The number of rotatable bonds is 3. The number of ether oxygens (including phenoxy) is 1. The van der Waals surface area contributed by atoms with Crippen LogP contribution in [0.2, 0.25) is 0 Å². The lowest BCUT2D eigenvalue weighted by Crippen LogP contribution is -2.57. The quantitative estimate of drug-likeness (QED) is 0.701. The minimum absolute atomic E-state index is 0.371. The van der Waals surface area contributed by atoms with Crippen LogP contribution in [-0.2, 0) is 17.7 Å². The zero-order chi connectivity index (χ0) is 22.0. The molecule has 2 aromatic rings. The lowest BCUT2D eigenvalue weighted by molar-refractivity contribution is -0.0654. The van der Waals surface area contributed by atoms with Crippen molar-refractivity contribution in [1.82, 2.24) is 20.1 Å². The predicted octanol–water partition coefficient (Wildman–Crippen LogP) is 3.18. The normalized spacial score (nSPS) is 27.8. The Morgan fingerprint density at radius 3 is 2.97 bits per heavy atom. The van der Waals surface area contributed by atoms with Gasteiger partial charge in [-0.05, 0) is 39.2 Å². The highest BCUT2D eigenvalue weighted by Crippen LogP contribution is 2.35. The number of aliphatic hydroxyl groups excluding tert-OH is 1. The van der Waals surface area contributed by atoms with Gasteiger partial charge in [0.15, 0.2) is 0 Å². The highest BCUT2D eigenvalue weighted by molar-refractivity contribution is 5.92. The zero-order valence-electron chi connectivity index (χ0n) is 18.3. The Balaban J connectivity index is 1.70. The monoisotopic (exact) mass is 425 g/mol. The van der Waals surface area contributed by atoms with Crippen LogP contribution >= 0.6 is 0 Å². The molecular formula is C23H31N5O3. The molecule has 0 aromatic carbocycles. The number of urea groups is 1. The van der Waals surface area contributed by atoms with Crippen molar-refractivity contribution in [1.29, 1.82) is 0 Å². The van der Waals surface area contributed by atoms with Gasteiger partial charge in [-0.25, -0.2) is 9.78 Å². The van der Waals surface area contributed by atoms with E-state index in [1.807, 2.05) is 36.0 Å². The second kappa shape index (κ2) is 8.80. The van der Waals surface area contributed by atoms with Crippen molar-refractivity contribution < 1.29 is 14.6 Å². The lowest BCUT2D eigenvalue weighted by atomic mass is 9.73. The molecule has 4 atom stereocenters. The Morgan fingerprint density at radius 2 is 2.26 bits per heavy atom. The molecule has 0 radical (unpaired) electrons. The maximum Gasteiger partial charge on any atom is 0.320 e. The standard InChI is InChI=1S/C23H31N5O3/c1-4-28-19-16(14-24-28)13-18-25-17(19)9-8-12-31-20(15(2)29)21(27-22(30)26-18)23(3)10-6-5-7-11-23/h5-7,10,13-15,20-21,29H,4,8-9,11-12H2,1-3H3,(H2,25,26,27,30)/t15-,20+,21+,23?/m0/s1. The summed E-state index contributed by atoms with van der Waals surface area (Å²) in [5, 5.41) is 21.9. The van der Waals surface area contributed by atoms with Gasteiger partial charge in [-0.1, -0.05) is 31.2 Å². The van der Waals surface area contributed by atoms with Gasteiger partial charge in [0.2, 0.25) is 0 Å². The van der Waals surface area contributed by atoms with Crippen LogP contribution in [-0.4, -0.2) is 50.8 Å². The fraction of sp³-hybridized carbons (Fsp3) is 0.522. The Morgan fingerprint density at radius 1 is 1.42 bits per heavy atom. The zero-order valence-corrected chi connectivity index (χ0v) is 18.3. The molecule has 31 heavy (non-hydrogen) atoms. The Kier molecular flexibility index (Phi) is 6.11. The molecule has 0 spiro atoms. The van der Waals surface area contributed by atoms with Crippen molar-refractivity contribution >= 4 is 22.8 Å². The van der Waals surface area contributed by atoms with Gasteiger partial charge < -0.3 is 15.2 Å². The molecule has 2 amide bonds. The van der Waals surface area contributed by atoms with E-state index in [-0.39, 0.29) is 11.4 Å². The highest BCUT2D eigenvalue weighted by Gasteiger charge is 2.41. The van der Waals surface area contributed by atoms with Crippen LogP contribution in [0, 0.1) is 5.41 Å². The maximum atomic E-state index is 13.0. The number of aryl methyl sites for hydroxylation is 2. The molecule has 1 aliphatic carbocycles. The van der Waals surface area contributed by atoms with Crippen LogP contribution in [0.15, 0.2) is 36.6 Å². The first-order chi connectivity index (χ1) is 14.9. The van der Waals surface area contributed by atoms with Gasteiger partial charge >= 0.3 is 6.03 Å². The minimum atomic E-state index is -0.742. The first-order valence-corrected chi connectivity index (χ1v) is 11.0. The number of hydrogen-bond donors (Lipinski definition) is 3.